The van der Waals surface area contributed by atoms with E-state index in [2.05, 4.69) is 42.7 Å². The quantitative estimate of drug-likeness (QED) is 0.623. The number of para-hydroxylation sites is 1. The van der Waals surface area contributed by atoms with Gasteiger partial charge < -0.3 is 9.64 Å². The number of ketones is 1. The van der Waals surface area contributed by atoms with Crippen molar-refractivity contribution in [2.24, 2.45) is 4.99 Å². The van der Waals surface area contributed by atoms with Crippen molar-refractivity contribution in [3.8, 4) is 5.75 Å². The second-order valence-corrected chi connectivity index (χ2v) is 8.48. The molecule has 4 nitrogen and oxygen atoms in total. The maximum Gasteiger partial charge on any atom is 0.185 e. The van der Waals surface area contributed by atoms with E-state index in [0.29, 0.717) is 11.3 Å². The fourth-order valence-electron chi connectivity index (χ4n) is 4.77. The summed E-state index contributed by atoms with van der Waals surface area (Å²) in [4.78, 5) is 20.7. The first-order valence-electron chi connectivity index (χ1n) is 10.8. The van der Waals surface area contributed by atoms with Crippen molar-refractivity contribution in [1.82, 2.24) is 4.90 Å². The molecule has 4 heteroatoms. The van der Waals surface area contributed by atoms with Gasteiger partial charge in [-0.3, -0.25) is 9.79 Å². The maximum atomic E-state index is 13.4. The average molecular weight is 403 g/mol. The van der Waals surface area contributed by atoms with E-state index in [1.807, 2.05) is 25.1 Å². The van der Waals surface area contributed by atoms with Crippen molar-refractivity contribution < 1.29 is 9.53 Å². The molecule has 0 N–H and O–H groups in total. The van der Waals surface area contributed by atoms with Crippen LogP contribution < -0.4 is 4.74 Å². The van der Waals surface area contributed by atoms with E-state index in [1.165, 1.54) is 12.0 Å². The molecule has 0 aromatic heterocycles. The summed E-state index contributed by atoms with van der Waals surface area (Å²) >= 11 is 0. The number of rotatable bonds is 5. The van der Waals surface area contributed by atoms with Crippen LogP contribution in [0.15, 0.2) is 59.7 Å². The summed E-state index contributed by atoms with van der Waals surface area (Å²) in [5.74, 6) is 0.701. The highest BCUT2D eigenvalue weighted by Gasteiger charge is 2.45. The van der Waals surface area contributed by atoms with E-state index in [-0.39, 0.29) is 18.0 Å². The number of methoxy groups -OCH3 is 1. The van der Waals surface area contributed by atoms with E-state index in [9.17, 15) is 4.79 Å². The molecule has 1 spiro atoms. The van der Waals surface area contributed by atoms with Gasteiger partial charge in [0.2, 0.25) is 0 Å². The summed E-state index contributed by atoms with van der Waals surface area (Å²) in [6, 6.07) is 14.1. The second-order valence-electron chi connectivity index (χ2n) is 8.48. The number of Topliss-reactive ketones (excluding diaryl/α,β-unsaturated/α-hetero) is 1. The number of aryl methyl sites for hydroxylation is 2. The minimum Gasteiger partial charge on any atom is -0.496 e. The van der Waals surface area contributed by atoms with E-state index >= 15 is 0 Å². The lowest BCUT2D eigenvalue weighted by atomic mass is 9.88. The Balaban J connectivity index is 1.68. The second kappa shape index (κ2) is 8.10. The molecule has 2 aliphatic rings. The van der Waals surface area contributed by atoms with E-state index in [1.54, 1.807) is 7.11 Å². The summed E-state index contributed by atoms with van der Waals surface area (Å²) in [5, 5.41) is 0. The minimum atomic E-state index is -0.359. The van der Waals surface area contributed by atoms with Gasteiger partial charge in [-0.1, -0.05) is 55.0 Å². The molecule has 0 saturated heterocycles. The van der Waals surface area contributed by atoms with Gasteiger partial charge in [-0.2, -0.15) is 0 Å². The summed E-state index contributed by atoms with van der Waals surface area (Å²) < 4.78 is 5.54. The Hall–Kier alpha value is -2.88. The van der Waals surface area contributed by atoms with Gasteiger partial charge >= 0.3 is 0 Å². The molecule has 0 radical (unpaired) electrons. The van der Waals surface area contributed by atoms with Crippen molar-refractivity contribution >= 4 is 11.5 Å². The van der Waals surface area contributed by atoms with Gasteiger partial charge in [0.05, 0.1) is 30.6 Å². The molecule has 0 bridgehead atoms. The first-order valence-corrected chi connectivity index (χ1v) is 10.8. The van der Waals surface area contributed by atoms with E-state index in [4.69, 9.17) is 9.73 Å². The van der Waals surface area contributed by atoms with Crippen molar-refractivity contribution in [3.63, 3.8) is 0 Å². The number of allylic oxidation sites excluding steroid dienone is 1. The number of nitrogens with zero attached hydrogens (tertiary/aromatic N) is 2. The molecule has 1 aliphatic heterocycles. The number of aliphatic imine (C=N–C) groups is 1. The van der Waals surface area contributed by atoms with Crippen molar-refractivity contribution in [1.29, 1.82) is 0 Å². The number of carbonyl (C=O) groups excluding carboxylic acids is 1. The number of hydrogen-bond acceptors (Lipinski definition) is 4. The van der Waals surface area contributed by atoms with Crippen LogP contribution in [0.5, 0.6) is 5.75 Å². The third kappa shape index (κ3) is 3.55. The number of ether oxygens (including phenoxy) is 1. The molecule has 1 aliphatic carbocycles. The number of hydrogen-bond donors (Lipinski definition) is 0. The Kier molecular flexibility index (Phi) is 5.50. The Morgan fingerprint density at radius 1 is 1.10 bits per heavy atom. The molecule has 1 heterocycles. The zero-order valence-corrected chi connectivity index (χ0v) is 18.2. The third-order valence-electron chi connectivity index (χ3n) is 6.42. The van der Waals surface area contributed by atoms with Crippen molar-refractivity contribution in [3.05, 3.63) is 77.0 Å². The highest BCUT2D eigenvalue weighted by atomic mass is 16.5. The molecule has 2 aromatic rings. The van der Waals surface area contributed by atoms with Crippen LogP contribution >= 0.6 is 0 Å². The summed E-state index contributed by atoms with van der Waals surface area (Å²) in [5.41, 5.74) is 5.28. The van der Waals surface area contributed by atoms with Crippen molar-refractivity contribution in [2.75, 3.05) is 13.7 Å². The average Bonchev–Trinajstić information content (AvgIpc) is 3.00. The Bertz CT molecular complexity index is 998. The molecule has 0 unspecified atom stereocenters. The zero-order valence-electron chi connectivity index (χ0n) is 18.2. The van der Waals surface area contributed by atoms with Gasteiger partial charge in [0, 0.05) is 5.56 Å². The molecule has 1 saturated carbocycles. The number of benzene rings is 2. The predicted molar refractivity (Wildman–Crippen MR) is 121 cm³/mol. The maximum absolute atomic E-state index is 13.4. The highest BCUT2D eigenvalue weighted by molar-refractivity contribution is 6.14. The predicted octanol–water partition coefficient (Wildman–Crippen LogP) is 5.47. The normalized spacial score (nSPS) is 17.9. The van der Waals surface area contributed by atoms with Crippen LogP contribution in [0, 0.1) is 13.8 Å². The summed E-state index contributed by atoms with van der Waals surface area (Å²) in [6.07, 6.45) is 5.38. The third-order valence-corrected chi connectivity index (χ3v) is 6.42. The Morgan fingerprint density at radius 2 is 1.80 bits per heavy atom. The van der Waals surface area contributed by atoms with Gasteiger partial charge in [0.25, 0.3) is 0 Å². The molecule has 156 valence electrons. The molecule has 1 fully saturated rings. The molecule has 4 rings (SSSR count). The number of carbonyl (C=O) groups is 1. The smallest absolute Gasteiger partial charge is 0.185 e. The molecular weight excluding hydrogens is 372 g/mol. The van der Waals surface area contributed by atoms with E-state index < -0.39 is 0 Å². The zero-order chi connectivity index (χ0) is 21.3. The van der Waals surface area contributed by atoms with Crippen LogP contribution in [-0.2, 0) is 0 Å². The lowest BCUT2D eigenvalue weighted by molar-refractivity contribution is 0.0779. The van der Waals surface area contributed by atoms with Gasteiger partial charge in [-0.25, -0.2) is 0 Å². The molecule has 30 heavy (non-hydrogen) atoms. The Morgan fingerprint density at radius 3 is 2.47 bits per heavy atom. The van der Waals surface area contributed by atoms with Crippen LogP contribution in [0.1, 0.15) is 59.2 Å². The van der Waals surface area contributed by atoms with Gasteiger partial charge in [-0.05, 0) is 51.2 Å². The van der Waals surface area contributed by atoms with E-state index in [0.717, 1.165) is 48.2 Å². The first-order chi connectivity index (χ1) is 14.4. The Labute approximate surface area is 179 Å². The highest BCUT2D eigenvalue weighted by Crippen LogP contribution is 2.43. The van der Waals surface area contributed by atoms with Crippen LogP contribution in [0.4, 0.5) is 0 Å². The molecule has 0 atom stereocenters. The monoisotopic (exact) mass is 402 g/mol. The molecule has 2 aromatic carbocycles. The van der Waals surface area contributed by atoms with Gasteiger partial charge in [0.15, 0.2) is 5.78 Å². The fourth-order valence-corrected chi connectivity index (χ4v) is 4.77. The van der Waals surface area contributed by atoms with Crippen molar-refractivity contribution in [2.45, 2.75) is 51.6 Å². The van der Waals surface area contributed by atoms with Crippen LogP contribution in [-0.4, -0.2) is 35.7 Å². The molecular formula is C26H30N2O2. The minimum absolute atomic E-state index is 0.0435. The van der Waals surface area contributed by atoms with Gasteiger partial charge in [0.1, 0.15) is 11.4 Å². The topological polar surface area (TPSA) is 41.9 Å². The van der Waals surface area contributed by atoms with Crippen LogP contribution in [0.3, 0.4) is 0 Å². The summed E-state index contributed by atoms with van der Waals surface area (Å²) in [7, 11) is 1.62. The largest absolute Gasteiger partial charge is 0.496 e. The first kappa shape index (κ1) is 20.4. The van der Waals surface area contributed by atoms with Gasteiger partial charge in [-0.15, -0.1) is 0 Å². The SMILES string of the molecule is C=C1C(c2ccc(C)cc2)=NC2(CCCCC2)N1CC(=O)c1cccc(C)c1OC. The standard InChI is InChI=1S/C26H30N2O2/c1-18-11-13-21(14-12-18)24-20(3)28(26(27-24)15-6-5-7-16-26)17-23(29)22-10-8-9-19(2)25(22)30-4/h8-14H,3,5-7,15-17H2,1-2,4H3. The molecule has 0 amide bonds. The fraction of sp³-hybridized carbons (Fsp3) is 0.385. The summed E-state index contributed by atoms with van der Waals surface area (Å²) in [6.45, 7) is 8.69. The lowest BCUT2D eigenvalue weighted by Gasteiger charge is -2.40. The lowest BCUT2D eigenvalue weighted by Crippen LogP contribution is -2.46. The van der Waals surface area contributed by atoms with Crippen LogP contribution in [0.25, 0.3) is 0 Å². The van der Waals surface area contributed by atoms with Crippen LogP contribution in [0.2, 0.25) is 0 Å².